The number of thiazole rings is 1. The molecule has 1 aromatic heterocycles. The third-order valence-corrected chi connectivity index (χ3v) is 6.72. The minimum Gasteiger partial charge on any atom is -0.484 e. The van der Waals surface area contributed by atoms with Crippen LogP contribution >= 0.6 is 11.3 Å². The van der Waals surface area contributed by atoms with Crippen LogP contribution in [-0.4, -0.2) is 25.9 Å². The number of carbonyl (C=O) groups is 1. The van der Waals surface area contributed by atoms with Gasteiger partial charge < -0.3 is 10.1 Å². The van der Waals surface area contributed by atoms with Crippen LogP contribution in [0.15, 0.2) is 77.7 Å². The van der Waals surface area contributed by atoms with Crippen LogP contribution in [0.25, 0.3) is 10.2 Å². The van der Waals surface area contributed by atoms with Crippen molar-refractivity contribution >= 4 is 48.3 Å². The molecule has 1 heterocycles. The number of benzene rings is 3. The number of hydrogen-bond acceptors (Lipinski definition) is 6. The molecule has 1 amide bonds. The maximum absolute atomic E-state index is 12.5. The van der Waals surface area contributed by atoms with Gasteiger partial charge in [-0.2, -0.15) is 0 Å². The van der Waals surface area contributed by atoms with Gasteiger partial charge in [0.25, 0.3) is 15.9 Å². The Bertz CT molecular complexity index is 1340. The summed E-state index contributed by atoms with van der Waals surface area (Å²) in [5.41, 5.74) is 2.25. The molecule has 7 nitrogen and oxygen atoms in total. The molecule has 0 unspecified atom stereocenters. The maximum atomic E-state index is 12.5. The molecule has 4 aromatic rings. The molecule has 4 rings (SSSR count). The first-order valence-electron chi connectivity index (χ1n) is 9.37. The van der Waals surface area contributed by atoms with Gasteiger partial charge in [0.15, 0.2) is 11.7 Å². The second-order valence-electron chi connectivity index (χ2n) is 6.77. The number of rotatable bonds is 7. The Morgan fingerprint density at radius 2 is 1.84 bits per heavy atom. The average molecular weight is 454 g/mol. The van der Waals surface area contributed by atoms with E-state index in [4.69, 9.17) is 4.74 Å². The topological polar surface area (TPSA) is 97.4 Å². The molecular weight excluding hydrogens is 434 g/mol. The van der Waals surface area contributed by atoms with Crippen LogP contribution in [-0.2, 0) is 14.8 Å². The molecule has 0 bridgehead atoms. The number of ether oxygens (including phenoxy) is 1. The van der Waals surface area contributed by atoms with Crippen molar-refractivity contribution in [3.63, 3.8) is 0 Å². The molecule has 0 radical (unpaired) electrons. The number of amides is 1. The maximum Gasteiger partial charge on any atom is 0.263 e. The van der Waals surface area contributed by atoms with E-state index in [1.165, 1.54) is 23.5 Å². The molecular formula is C22H19N3O4S2. The lowest BCUT2D eigenvalue weighted by Gasteiger charge is -2.08. The van der Waals surface area contributed by atoms with Crippen molar-refractivity contribution in [2.24, 2.45) is 0 Å². The molecule has 0 saturated carbocycles. The first-order valence-corrected chi connectivity index (χ1v) is 11.7. The monoisotopic (exact) mass is 453 g/mol. The zero-order chi connectivity index (χ0) is 21.8. The number of hydrogen-bond donors (Lipinski definition) is 2. The highest BCUT2D eigenvalue weighted by molar-refractivity contribution is 7.93. The molecule has 2 N–H and O–H groups in total. The van der Waals surface area contributed by atoms with Crippen LogP contribution in [0, 0.1) is 6.92 Å². The summed E-state index contributed by atoms with van der Waals surface area (Å²) in [5, 5.41) is 3.03. The number of sulfonamides is 1. The van der Waals surface area contributed by atoms with E-state index in [2.05, 4.69) is 15.0 Å². The summed E-state index contributed by atoms with van der Waals surface area (Å²) >= 11 is 1.19. The molecule has 9 heteroatoms. The lowest BCUT2D eigenvalue weighted by atomic mass is 10.2. The van der Waals surface area contributed by atoms with Gasteiger partial charge in [-0.15, -0.1) is 0 Å². The van der Waals surface area contributed by atoms with Crippen molar-refractivity contribution in [2.45, 2.75) is 11.8 Å². The highest BCUT2D eigenvalue weighted by Crippen LogP contribution is 2.30. The minimum absolute atomic E-state index is 0.119. The summed E-state index contributed by atoms with van der Waals surface area (Å²) in [5.74, 6) is 0.332. The fourth-order valence-corrected chi connectivity index (χ4v) is 5.03. The molecule has 0 spiro atoms. The summed E-state index contributed by atoms with van der Waals surface area (Å²) in [6, 6.07) is 20.7. The molecule has 0 fully saturated rings. The first kappa shape index (κ1) is 20.8. The zero-order valence-electron chi connectivity index (χ0n) is 16.5. The van der Waals surface area contributed by atoms with Gasteiger partial charge in [0.05, 0.1) is 15.1 Å². The lowest BCUT2D eigenvalue weighted by Crippen LogP contribution is -2.20. The normalized spacial score (nSPS) is 11.3. The van der Waals surface area contributed by atoms with E-state index in [-0.39, 0.29) is 22.5 Å². The Kier molecular flexibility index (Phi) is 5.88. The van der Waals surface area contributed by atoms with Crippen molar-refractivity contribution < 1.29 is 17.9 Å². The smallest absolute Gasteiger partial charge is 0.263 e. The number of anilines is 2. The lowest BCUT2D eigenvalue weighted by molar-refractivity contribution is -0.118. The second-order valence-corrected chi connectivity index (χ2v) is 9.49. The van der Waals surface area contributed by atoms with Gasteiger partial charge in [0.2, 0.25) is 0 Å². The Labute approximate surface area is 183 Å². The molecule has 3 aromatic carbocycles. The number of nitrogens with zero attached hydrogens (tertiary/aromatic N) is 1. The van der Waals surface area contributed by atoms with Gasteiger partial charge in [-0.1, -0.05) is 41.7 Å². The molecule has 0 saturated heterocycles. The van der Waals surface area contributed by atoms with Gasteiger partial charge >= 0.3 is 0 Å². The van der Waals surface area contributed by atoms with Crippen molar-refractivity contribution in [2.75, 3.05) is 16.6 Å². The summed E-state index contributed by atoms with van der Waals surface area (Å²) in [4.78, 5) is 16.7. The van der Waals surface area contributed by atoms with Gasteiger partial charge in [0.1, 0.15) is 5.75 Å². The number of aromatic nitrogens is 1. The fourth-order valence-electron chi connectivity index (χ4n) is 2.87. The van der Waals surface area contributed by atoms with Crippen LogP contribution in [0.5, 0.6) is 5.75 Å². The highest BCUT2D eigenvalue weighted by atomic mass is 32.2. The van der Waals surface area contributed by atoms with E-state index in [1.807, 2.05) is 25.1 Å². The van der Waals surface area contributed by atoms with Crippen LogP contribution in [0.2, 0.25) is 0 Å². The van der Waals surface area contributed by atoms with Crippen molar-refractivity contribution in [1.29, 1.82) is 0 Å². The van der Waals surface area contributed by atoms with E-state index < -0.39 is 10.0 Å². The number of carbonyl (C=O) groups excluding carboxylic acids is 1. The quantitative estimate of drug-likeness (QED) is 0.432. The average Bonchev–Trinajstić information content (AvgIpc) is 3.14. The second kappa shape index (κ2) is 8.75. The molecule has 0 aliphatic rings. The molecule has 0 aliphatic carbocycles. The molecule has 0 atom stereocenters. The van der Waals surface area contributed by atoms with Crippen molar-refractivity contribution in [3.8, 4) is 5.75 Å². The van der Waals surface area contributed by atoms with E-state index in [9.17, 15) is 13.2 Å². The van der Waals surface area contributed by atoms with Gasteiger partial charge in [-0.3, -0.25) is 9.52 Å². The van der Waals surface area contributed by atoms with Crippen molar-refractivity contribution in [1.82, 2.24) is 4.98 Å². The SMILES string of the molecule is Cc1cccc(OCC(=O)Nc2ccc3nc(NS(=O)(=O)c4ccccc4)sc3c2)c1. The van der Waals surface area contributed by atoms with E-state index in [0.717, 1.165) is 10.3 Å². The van der Waals surface area contributed by atoms with E-state index >= 15 is 0 Å². The Morgan fingerprint density at radius 1 is 1.03 bits per heavy atom. The summed E-state index contributed by atoms with van der Waals surface area (Å²) in [7, 11) is -3.72. The number of aryl methyl sites for hydroxylation is 1. The Hall–Kier alpha value is -3.43. The van der Waals surface area contributed by atoms with Crippen LogP contribution < -0.4 is 14.8 Å². The largest absolute Gasteiger partial charge is 0.484 e. The fraction of sp³-hybridized carbons (Fsp3) is 0.0909. The van der Waals surface area contributed by atoms with Crippen LogP contribution in [0.4, 0.5) is 10.8 Å². The number of fused-ring (bicyclic) bond motifs is 1. The molecule has 0 aliphatic heterocycles. The Balaban J connectivity index is 1.43. The molecule has 158 valence electrons. The standard InChI is InChI=1S/C22H19N3O4S2/c1-15-6-5-7-17(12-15)29-14-21(26)23-16-10-11-19-20(13-16)30-22(24-19)25-31(27,28)18-8-3-2-4-9-18/h2-13H,14H2,1H3,(H,23,26)(H,24,25). The van der Waals surface area contributed by atoms with E-state index in [1.54, 1.807) is 42.5 Å². The number of nitrogens with one attached hydrogen (secondary N) is 2. The third kappa shape index (κ3) is 5.19. The minimum atomic E-state index is -3.72. The van der Waals surface area contributed by atoms with Gasteiger partial charge in [-0.05, 0) is 55.0 Å². The first-order chi connectivity index (χ1) is 14.9. The Morgan fingerprint density at radius 3 is 2.61 bits per heavy atom. The summed E-state index contributed by atoms with van der Waals surface area (Å²) in [6.45, 7) is 1.83. The van der Waals surface area contributed by atoms with Gasteiger partial charge in [0, 0.05) is 5.69 Å². The predicted octanol–water partition coefficient (Wildman–Crippen LogP) is 4.42. The highest BCUT2D eigenvalue weighted by Gasteiger charge is 2.16. The zero-order valence-corrected chi connectivity index (χ0v) is 18.2. The predicted molar refractivity (Wildman–Crippen MR) is 122 cm³/mol. The van der Waals surface area contributed by atoms with Crippen molar-refractivity contribution in [3.05, 3.63) is 78.4 Å². The summed E-state index contributed by atoms with van der Waals surface area (Å²) in [6.07, 6.45) is 0. The van der Waals surface area contributed by atoms with Crippen LogP contribution in [0.1, 0.15) is 5.56 Å². The summed E-state index contributed by atoms with van der Waals surface area (Å²) < 4.78 is 33.7. The third-order valence-electron chi connectivity index (χ3n) is 4.31. The molecule has 31 heavy (non-hydrogen) atoms. The van der Waals surface area contributed by atoms with E-state index in [0.29, 0.717) is 17.0 Å². The van der Waals surface area contributed by atoms with Crippen LogP contribution in [0.3, 0.4) is 0 Å². The van der Waals surface area contributed by atoms with Gasteiger partial charge in [-0.25, -0.2) is 13.4 Å².